The van der Waals surface area contributed by atoms with Crippen LogP contribution < -0.4 is 4.72 Å². The first-order chi connectivity index (χ1) is 8.91. The highest BCUT2D eigenvalue weighted by atomic mass is 32.2. The summed E-state index contributed by atoms with van der Waals surface area (Å²) in [6, 6.07) is 0. The molecule has 0 spiro atoms. The van der Waals surface area contributed by atoms with E-state index in [0.717, 1.165) is 25.2 Å². The number of carboxylic acids is 1. The van der Waals surface area contributed by atoms with Gasteiger partial charge in [-0.25, -0.2) is 13.1 Å². The molecule has 0 aromatic carbocycles. The Morgan fingerprint density at radius 3 is 2.32 bits per heavy atom. The van der Waals surface area contributed by atoms with Crippen molar-refractivity contribution < 1.29 is 18.3 Å². The highest BCUT2D eigenvalue weighted by Crippen LogP contribution is 2.50. The van der Waals surface area contributed by atoms with Gasteiger partial charge in [-0.1, -0.05) is 0 Å². The van der Waals surface area contributed by atoms with Crippen molar-refractivity contribution in [3.05, 3.63) is 0 Å². The van der Waals surface area contributed by atoms with Crippen molar-refractivity contribution in [3.8, 4) is 0 Å². The van der Waals surface area contributed by atoms with Gasteiger partial charge in [0.15, 0.2) is 0 Å². The van der Waals surface area contributed by atoms with Crippen LogP contribution in [0.5, 0.6) is 0 Å². The molecule has 0 radical (unpaired) electrons. The summed E-state index contributed by atoms with van der Waals surface area (Å²) >= 11 is 0. The lowest BCUT2D eigenvalue weighted by atomic mass is 9.62. The number of aliphatic carboxylic acids is 1. The maximum atomic E-state index is 12.1. The summed E-state index contributed by atoms with van der Waals surface area (Å²) < 4.78 is 26.7. The molecule has 0 unspecified atom stereocenters. The minimum atomic E-state index is -3.27. The SMILES string of the molecule is O=C(O)CCCNS(=O)(=O)CC12CCC(CC1)CC2. The van der Waals surface area contributed by atoms with Gasteiger partial charge in [0.25, 0.3) is 0 Å². The van der Waals surface area contributed by atoms with Crippen molar-refractivity contribution in [2.75, 3.05) is 12.3 Å². The normalized spacial score (nSPS) is 30.4. The molecule has 19 heavy (non-hydrogen) atoms. The van der Waals surface area contributed by atoms with Gasteiger partial charge in [-0.15, -0.1) is 0 Å². The molecule has 0 aliphatic heterocycles. The predicted molar refractivity (Wildman–Crippen MR) is 72.3 cm³/mol. The summed E-state index contributed by atoms with van der Waals surface area (Å²) in [7, 11) is -3.27. The number of nitrogens with one attached hydrogen (secondary N) is 1. The number of carboxylic acid groups (broad SMARTS) is 1. The van der Waals surface area contributed by atoms with Crippen molar-refractivity contribution in [3.63, 3.8) is 0 Å². The molecule has 3 aliphatic rings. The molecule has 0 aromatic rings. The van der Waals surface area contributed by atoms with E-state index < -0.39 is 16.0 Å². The van der Waals surface area contributed by atoms with Crippen LogP contribution in [0.25, 0.3) is 0 Å². The minimum absolute atomic E-state index is 0.00657. The molecule has 0 saturated heterocycles. The van der Waals surface area contributed by atoms with E-state index in [2.05, 4.69) is 4.72 Å². The number of hydrogen-bond donors (Lipinski definition) is 2. The van der Waals surface area contributed by atoms with E-state index in [1.807, 2.05) is 0 Å². The second kappa shape index (κ2) is 5.79. The number of rotatable bonds is 7. The summed E-state index contributed by atoms with van der Waals surface area (Å²) in [6.07, 6.45) is 6.99. The molecule has 3 aliphatic carbocycles. The van der Waals surface area contributed by atoms with Crippen molar-refractivity contribution in [2.45, 2.75) is 51.4 Å². The third kappa shape index (κ3) is 4.18. The lowest BCUT2D eigenvalue weighted by Crippen LogP contribution is -2.42. The lowest BCUT2D eigenvalue weighted by molar-refractivity contribution is -0.137. The fourth-order valence-electron chi connectivity index (χ4n) is 3.48. The Labute approximate surface area is 114 Å². The van der Waals surface area contributed by atoms with Gasteiger partial charge in [-0.2, -0.15) is 0 Å². The van der Waals surface area contributed by atoms with E-state index in [1.165, 1.54) is 19.3 Å². The molecule has 3 rings (SSSR count). The van der Waals surface area contributed by atoms with Crippen LogP contribution in [0.2, 0.25) is 0 Å². The van der Waals surface area contributed by atoms with Crippen LogP contribution in [0, 0.1) is 11.3 Å². The molecule has 3 saturated carbocycles. The predicted octanol–water partition coefficient (Wildman–Crippen LogP) is 1.74. The third-order valence-electron chi connectivity index (χ3n) is 4.63. The molecule has 3 fully saturated rings. The maximum absolute atomic E-state index is 12.1. The van der Waals surface area contributed by atoms with Crippen molar-refractivity contribution in [1.29, 1.82) is 0 Å². The quantitative estimate of drug-likeness (QED) is 0.699. The molecule has 0 aromatic heterocycles. The number of sulfonamides is 1. The number of fused-ring (bicyclic) bond motifs is 3. The van der Waals surface area contributed by atoms with Crippen molar-refractivity contribution >= 4 is 16.0 Å². The van der Waals surface area contributed by atoms with Crippen LogP contribution in [0.1, 0.15) is 51.4 Å². The molecule has 2 bridgehead atoms. The molecular formula is C13H23NO4S. The largest absolute Gasteiger partial charge is 0.481 e. The van der Waals surface area contributed by atoms with Gasteiger partial charge in [0.05, 0.1) is 5.75 Å². The van der Waals surface area contributed by atoms with Crippen molar-refractivity contribution in [2.24, 2.45) is 11.3 Å². The summed E-state index contributed by atoms with van der Waals surface area (Å²) in [6.45, 7) is 0.230. The molecule has 5 nitrogen and oxygen atoms in total. The van der Waals surface area contributed by atoms with E-state index in [4.69, 9.17) is 5.11 Å². The molecule has 0 amide bonds. The minimum Gasteiger partial charge on any atom is -0.481 e. The molecule has 110 valence electrons. The summed E-state index contributed by atoms with van der Waals surface area (Å²) in [5, 5.41) is 8.51. The second-order valence-corrected chi connectivity index (χ2v) is 7.94. The Morgan fingerprint density at radius 2 is 1.79 bits per heavy atom. The zero-order chi connectivity index (χ0) is 13.9. The topological polar surface area (TPSA) is 83.5 Å². The Balaban J connectivity index is 1.81. The fraction of sp³-hybridized carbons (Fsp3) is 0.923. The Kier molecular flexibility index (Phi) is 4.50. The van der Waals surface area contributed by atoms with E-state index in [0.29, 0.717) is 6.42 Å². The standard InChI is InChI=1S/C13H23NO4S/c15-12(16)2-1-9-14-19(17,18)10-13-6-3-11(4-7-13)5-8-13/h11,14H,1-10H2,(H,15,16). The lowest BCUT2D eigenvalue weighted by Gasteiger charge is -2.46. The van der Waals surface area contributed by atoms with Crippen LogP contribution >= 0.6 is 0 Å². The molecule has 0 heterocycles. The summed E-state index contributed by atoms with van der Waals surface area (Å²) in [4.78, 5) is 10.4. The zero-order valence-corrected chi connectivity index (χ0v) is 12.0. The van der Waals surface area contributed by atoms with Crippen LogP contribution in [0.3, 0.4) is 0 Å². The molecule has 0 atom stereocenters. The van der Waals surface area contributed by atoms with E-state index in [-0.39, 0.29) is 24.1 Å². The Bertz CT molecular complexity index is 410. The van der Waals surface area contributed by atoms with Crippen molar-refractivity contribution in [1.82, 2.24) is 4.72 Å². The van der Waals surface area contributed by atoms with Gasteiger partial charge in [-0.3, -0.25) is 4.79 Å². The van der Waals surface area contributed by atoms with Crippen LogP contribution in [0.15, 0.2) is 0 Å². The van der Waals surface area contributed by atoms with Gasteiger partial charge in [0.1, 0.15) is 0 Å². The van der Waals surface area contributed by atoms with E-state index >= 15 is 0 Å². The monoisotopic (exact) mass is 289 g/mol. The van der Waals surface area contributed by atoms with E-state index in [1.54, 1.807) is 0 Å². The number of hydrogen-bond acceptors (Lipinski definition) is 3. The average Bonchev–Trinajstić information content (AvgIpc) is 2.35. The first-order valence-electron chi connectivity index (χ1n) is 7.10. The summed E-state index contributed by atoms with van der Waals surface area (Å²) in [5.41, 5.74) is -0.00657. The smallest absolute Gasteiger partial charge is 0.303 e. The third-order valence-corrected chi connectivity index (χ3v) is 6.27. The van der Waals surface area contributed by atoms with Crippen LogP contribution in [-0.4, -0.2) is 31.8 Å². The average molecular weight is 289 g/mol. The Morgan fingerprint density at radius 1 is 1.21 bits per heavy atom. The van der Waals surface area contributed by atoms with Crippen LogP contribution in [0.4, 0.5) is 0 Å². The fourth-order valence-corrected chi connectivity index (χ4v) is 5.27. The van der Waals surface area contributed by atoms with Gasteiger partial charge in [0, 0.05) is 13.0 Å². The number of carbonyl (C=O) groups is 1. The first kappa shape index (κ1) is 14.8. The van der Waals surface area contributed by atoms with Crippen LogP contribution in [-0.2, 0) is 14.8 Å². The molecule has 6 heteroatoms. The molecule has 2 N–H and O–H groups in total. The zero-order valence-electron chi connectivity index (χ0n) is 11.2. The van der Waals surface area contributed by atoms with Gasteiger partial charge < -0.3 is 5.11 Å². The highest BCUT2D eigenvalue weighted by molar-refractivity contribution is 7.89. The Hall–Kier alpha value is -0.620. The highest BCUT2D eigenvalue weighted by Gasteiger charge is 2.42. The summed E-state index contributed by atoms with van der Waals surface area (Å²) in [5.74, 6) is 0.163. The van der Waals surface area contributed by atoms with Gasteiger partial charge >= 0.3 is 5.97 Å². The molecular weight excluding hydrogens is 266 g/mol. The van der Waals surface area contributed by atoms with Gasteiger partial charge in [0.2, 0.25) is 10.0 Å². The first-order valence-corrected chi connectivity index (χ1v) is 8.75. The maximum Gasteiger partial charge on any atom is 0.303 e. The second-order valence-electron chi connectivity index (χ2n) is 6.13. The van der Waals surface area contributed by atoms with E-state index in [9.17, 15) is 13.2 Å². The van der Waals surface area contributed by atoms with Gasteiger partial charge in [-0.05, 0) is 56.3 Å².